The predicted molar refractivity (Wildman–Crippen MR) is 65.1 cm³/mol. The molecule has 0 aromatic carbocycles. The molecule has 0 amide bonds. The molecule has 0 saturated heterocycles. The lowest BCUT2D eigenvalue weighted by atomic mass is 9.92. The van der Waals surface area contributed by atoms with Gasteiger partial charge in [-0.05, 0) is 24.8 Å². The number of hydrogen-bond acceptors (Lipinski definition) is 4. The van der Waals surface area contributed by atoms with Crippen molar-refractivity contribution in [2.24, 2.45) is 5.41 Å². The fourth-order valence-corrected chi connectivity index (χ4v) is 0.853. The average molecular weight is 240 g/mol. The molecule has 17 heavy (non-hydrogen) atoms. The van der Waals surface area contributed by atoms with Gasteiger partial charge >= 0.3 is 11.9 Å². The lowest BCUT2D eigenvalue weighted by Crippen LogP contribution is -2.15. The third kappa shape index (κ3) is 6.56. The SMILES string of the molecule is C=C(C)C(=O)OC(=CCC(C)(C)C)C(=O)OC. The minimum Gasteiger partial charge on any atom is -0.463 e. The van der Waals surface area contributed by atoms with Crippen LogP contribution in [-0.4, -0.2) is 19.0 Å². The normalized spacial score (nSPS) is 11.9. The Bertz CT molecular complexity index is 345. The standard InChI is InChI=1S/C13H20O4/c1-9(2)11(14)17-10(12(15)16-6)7-8-13(3,4)5/h7H,1,8H2,2-6H3. The highest BCUT2D eigenvalue weighted by Crippen LogP contribution is 2.20. The molecule has 0 spiro atoms. The molecule has 0 aromatic heterocycles. The Balaban J connectivity index is 4.83. The number of carbonyl (C=O) groups is 2. The first-order valence-electron chi connectivity index (χ1n) is 5.33. The lowest BCUT2D eigenvalue weighted by Gasteiger charge is -2.15. The molecule has 0 aliphatic heterocycles. The van der Waals surface area contributed by atoms with E-state index in [1.54, 1.807) is 6.08 Å². The van der Waals surface area contributed by atoms with Crippen molar-refractivity contribution in [3.63, 3.8) is 0 Å². The first-order chi connectivity index (χ1) is 7.67. The van der Waals surface area contributed by atoms with Crippen molar-refractivity contribution in [2.75, 3.05) is 7.11 Å². The van der Waals surface area contributed by atoms with Crippen LogP contribution in [0.5, 0.6) is 0 Å². The number of hydrogen-bond donors (Lipinski definition) is 0. The minimum atomic E-state index is -0.663. The van der Waals surface area contributed by atoms with Crippen molar-refractivity contribution in [3.8, 4) is 0 Å². The molecule has 0 rings (SSSR count). The third-order valence-corrected chi connectivity index (χ3v) is 1.84. The minimum absolute atomic E-state index is 0.00506. The van der Waals surface area contributed by atoms with Crippen LogP contribution >= 0.6 is 0 Å². The van der Waals surface area contributed by atoms with E-state index in [1.165, 1.54) is 14.0 Å². The summed E-state index contributed by atoms with van der Waals surface area (Å²) in [5.41, 5.74) is 0.227. The van der Waals surface area contributed by atoms with Gasteiger partial charge in [-0.1, -0.05) is 27.4 Å². The molecule has 0 fully saturated rings. The van der Waals surface area contributed by atoms with E-state index in [2.05, 4.69) is 11.3 Å². The fourth-order valence-electron chi connectivity index (χ4n) is 0.853. The monoisotopic (exact) mass is 240 g/mol. The second-order valence-corrected chi connectivity index (χ2v) is 4.99. The van der Waals surface area contributed by atoms with Gasteiger partial charge in [-0.3, -0.25) is 0 Å². The Hall–Kier alpha value is -1.58. The Morgan fingerprint density at radius 2 is 1.76 bits per heavy atom. The van der Waals surface area contributed by atoms with E-state index in [4.69, 9.17) is 4.74 Å². The number of carbonyl (C=O) groups excluding carboxylic acids is 2. The smallest absolute Gasteiger partial charge is 0.373 e. The summed E-state index contributed by atoms with van der Waals surface area (Å²) in [4.78, 5) is 22.7. The van der Waals surface area contributed by atoms with Gasteiger partial charge in [0.25, 0.3) is 0 Å². The maximum absolute atomic E-state index is 11.4. The van der Waals surface area contributed by atoms with E-state index in [-0.39, 0.29) is 16.7 Å². The van der Waals surface area contributed by atoms with Gasteiger partial charge in [0.1, 0.15) is 0 Å². The van der Waals surface area contributed by atoms with E-state index in [0.717, 1.165) is 0 Å². The summed E-state index contributed by atoms with van der Waals surface area (Å²) in [7, 11) is 1.24. The molecular weight excluding hydrogens is 220 g/mol. The molecule has 0 unspecified atom stereocenters. The number of allylic oxidation sites excluding steroid dienone is 1. The van der Waals surface area contributed by atoms with Gasteiger partial charge in [-0.25, -0.2) is 9.59 Å². The summed E-state index contributed by atoms with van der Waals surface area (Å²) in [5.74, 6) is -1.38. The molecular formula is C13H20O4. The zero-order valence-electron chi connectivity index (χ0n) is 11.1. The van der Waals surface area contributed by atoms with Crippen molar-refractivity contribution >= 4 is 11.9 Å². The molecule has 0 N–H and O–H groups in total. The van der Waals surface area contributed by atoms with Crippen molar-refractivity contribution in [3.05, 3.63) is 24.0 Å². The van der Waals surface area contributed by atoms with Crippen LogP contribution in [-0.2, 0) is 19.1 Å². The van der Waals surface area contributed by atoms with Crippen LogP contribution in [0.15, 0.2) is 24.0 Å². The van der Waals surface area contributed by atoms with E-state index in [0.29, 0.717) is 6.42 Å². The summed E-state index contributed by atoms with van der Waals surface area (Å²) in [6.07, 6.45) is 2.16. The van der Waals surface area contributed by atoms with Crippen molar-refractivity contribution < 1.29 is 19.1 Å². The van der Waals surface area contributed by atoms with Crippen molar-refractivity contribution in [2.45, 2.75) is 34.1 Å². The van der Waals surface area contributed by atoms with Crippen LogP contribution in [0.2, 0.25) is 0 Å². The predicted octanol–water partition coefficient (Wildman–Crippen LogP) is 2.60. The van der Waals surface area contributed by atoms with E-state index >= 15 is 0 Å². The van der Waals surface area contributed by atoms with Gasteiger partial charge < -0.3 is 9.47 Å². The number of esters is 2. The van der Waals surface area contributed by atoms with Crippen molar-refractivity contribution in [1.29, 1.82) is 0 Å². The second kappa shape index (κ2) is 6.23. The second-order valence-electron chi connectivity index (χ2n) is 4.99. The number of rotatable bonds is 4. The highest BCUT2D eigenvalue weighted by Gasteiger charge is 2.18. The molecule has 0 radical (unpaired) electrons. The van der Waals surface area contributed by atoms with Crippen LogP contribution < -0.4 is 0 Å². The van der Waals surface area contributed by atoms with Gasteiger partial charge in [0.05, 0.1) is 7.11 Å². The Kier molecular flexibility index (Phi) is 5.65. The van der Waals surface area contributed by atoms with Crippen LogP contribution in [0.25, 0.3) is 0 Å². The summed E-state index contributed by atoms with van der Waals surface area (Å²) >= 11 is 0. The Morgan fingerprint density at radius 1 is 1.24 bits per heavy atom. The van der Waals surface area contributed by atoms with Gasteiger partial charge in [-0.15, -0.1) is 0 Å². The van der Waals surface area contributed by atoms with Gasteiger partial charge in [0.15, 0.2) is 0 Å². The largest absolute Gasteiger partial charge is 0.463 e. The maximum Gasteiger partial charge on any atom is 0.373 e. The number of ether oxygens (including phenoxy) is 2. The molecule has 96 valence electrons. The molecule has 4 heteroatoms. The molecule has 0 atom stereocenters. The van der Waals surface area contributed by atoms with Crippen LogP contribution in [0.3, 0.4) is 0 Å². The van der Waals surface area contributed by atoms with Crippen LogP contribution in [0.1, 0.15) is 34.1 Å². The molecule has 0 saturated carbocycles. The van der Waals surface area contributed by atoms with E-state index < -0.39 is 11.9 Å². The zero-order valence-corrected chi connectivity index (χ0v) is 11.1. The van der Waals surface area contributed by atoms with Crippen LogP contribution in [0, 0.1) is 5.41 Å². The van der Waals surface area contributed by atoms with Gasteiger partial charge in [-0.2, -0.15) is 0 Å². The van der Waals surface area contributed by atoms with E-state index in [9.17, 15) is 9.59 Å². The Morgan fingerprint density at radius 3 is 2.12 bits per heavy atom. The summed E-state index contributed by atoms with van der Waals surface area (Å²) in [6, 6.07) is 0. The lowest BCUT2D eigenvalue weighted by molar-refractivity contribution is -0.147. The molecule has 0 aliphatic rings. The van der Waals surface area contributed by atoms with Crippen molar-refractivity contribution in [1.82, 2.24) is 0 Å². The first kappa shape index (κ1) is 15.4. The molecule has 0 aliphatic carbocycles. The molecule has 4 nitrogen and oxygen atoms in total. The maximum atomic E-state index is 11.4. The van der Waals surface area contributed by atoms with Gasteiger partial charge in [0, 0.05) is 5.57 Å². The van der Waals surface area contributed by atoms with Gasteiger partial charge in [0.2, 0.25) is 5.76 Å². The molecule has 0 aromatic rings. The van der Waals surface area contributed by atoms with Crippen LogP contribution in [0.4, 0.5) is 0 Å². The van der Waals surface area contributed by atoms with E-state index in [1.807, 2.05) is 20.8 Å². The summed E-state index contributed by atoms with van der Waals surface area (Å²) in [6.45, 7) is 11.0. The number of methoxy groups -OCH3 is 1. The summed E-state index contributed by atoms with van der Waals surface area (Å²) in [5, 5.41) is 0. The average Bonchev–Trinajstić information content (AvgIpc) is 2.21. The highest BCUT2D eigenvalue weighted by molar-refractivity contribution is 5.94. The Labute approximate surface area is 102 Å². The topological polar surface area (TPSA) is 52.6 Å². The highest BCUT2D eigenvalue weighted by atomic mass is 16.6. The third-order valence-electron chi connectivity index (χ3n) is 1.84. The molecule has 0 bridgehead atoms. The molecule has 0 heterocycles. The fraction of sp³-hybridized carbons (Fsp3) is 0.538. The quantitative estimate of drug-likeness (QED) is 0.430. The first-order valence-corrected chi connectivity index (χ1v) is 5.33. The zero-order chi connectivity index (χ0) is 13.6. The summed E-state index contributed by atoms with van der Waals surface area (Å²) < 4.78 is 9.45.